The van der Waals surface area contributed by atoms with Gasteiger partial charge in [-0.1, -0.05) is 30.3 Å². The predicted octanol–water partition coefficient (Wildman–Crippen LogP) is 4.11. The number of nitrogens with one attached hydrogen (secondary N) is 2. The molecule has 3 nitrogen and oxygen atoms in total. The number of hydrogen-bond acceptors (Lipinski definition) is 1. The molecule has 0 aliphatic heterocycles. The van der Waals surface area contributed by atoms with Gasteiger partial charge in [-0.05, 0) is 61.1 Å². The van der Waals surface area contributed by atoms with E-state index in [4.69, 9.17) is 0 Å². The van der Waals surface area contributed by atoms with Gasteiger partial charge in [0.1, 0.15) is 0 Å². The van der Waals surface area contributed by atoms with Gasteiger partial charge in [0.25, 0.3) is 0 Å². The van der Waals surface area contributed by atoms with Crippen LogP contribution in [-0.2, 0) is 6.42 Å². The molecule has 0 aromatic heterocycles. The van der Waals surface area contributed by atoms with Gasteiger partial charge in [-0.15, -0.1) is 0 Å². The van der Waals surface area contributed by atoms with E-state index < -0.39 is 0 Å². The van der Waals surface area contributed by atoms with Crippen molar-refractivity contribution < 1.29 is 4.79 Å². The van der Waals surface area contributed by atoms with Crippen molar-refractivity contribution in [3.63, 3.8) is 0 Å². The average molecular weight is 280 g/mol. The summed E-state index contributed by atoms with van der Waals surface area (Å²) >= 11 is 0. The lowest BCUT2D eigenvalue weighted by Crippen LogP contribution is -2.31. The molecule has 0 bridgehead atoms. The number of rotatable bonds is 2. The van der Waals surface area contributed by atoms with E-state index in [1.165, 1.54) is 22.3 Å². The molecular formula is C18H20N2O. The molecule has 1 aliphatic carbocycles. The van der Waals surface area contributed by atoms with E-state index in [1.807, 2.05) is 31.2 Å². The quantitative estimate of drug-likeness (QED) is 0.854. The van der Waals surface area contributed by atoms with E-state index >= 15 is 0 Å². The molecular weight excluding hydrogens is 260 g/mol. The van der Waals surface area contributed by atoms with Gasteiger partial charge < -0.3 is 10.6 Å². The van der Waals surface area contributed by atoms with Crippen molar-refractivity contribution in [3.05, 3.63) is 64.7 Å². The molecule has 1 unspecified atom stereocenters. The Hall–Kier alpha value is -2.29. The summed E-state index contributed by atoms with van der Waals surface area (Å²) in [6.07, 6.45) is 2.00. The highest BCUT2D eigenvalue weighted by Crippen LogP contribution is 2.30. The maximum Gasteiger partial charge on any atom is 0.319 e. The number of aryl methyl sites for hydroxylation is 3. The predicted molar refractivity (Wildman–Crippen MR) is 85.6 cm³/mol. The lowest BCUT2D eigenvalue weighted by molar-refractivity contribution is 0.248. The molecule has 2 N–H and O–H groups in total. The maximum atomic E-state index is 12.2. The van der Waals surface area contributed by atoms with Gasteiger partial charge in [-0.25, -0.2) is 4.79 Å². The fourth-order valence-corrected chi connectivity index (χ4v) is 2.85. The lowest BCUT2D eigenvalue weighted by Gasteiger charge is -2.15. The van der Waals surface area contributed by atoms with Gasteiger partial charge in [-0.2, -0.15) is 0 Å². The molecule has 3 rings (SSSR count). The molecule has 1 aliphatic rings. The summed E-state index contributed by atoms with van der Waals surface area (Å²) < 4.78 is 0. The molecule has 2 amide bonds. The molecule has 0 spiro atoms. The van der Waals surface area contributed by atoms with Crippen LogP contribution in [0.25, 0.3) is 0 Å². The van der Waals surface area contributed by atoms with Crippen molar-refractivity contribution in [2.45, 2.75) is 32.7 Å². The second kappa shape index (κ2) is 5.60. The maximum absolute atomic E-state index is 12.2. The lowest BCUT2D eigenvalue weighted by atomic mass is 10.1. The van der Waals surface area contributed by atoms with Crippen LogP contribution in [0, 0.1) is 13.8 Å². The van der Waals surface area contributed by atoms with Gasteiger partial charge in [0, 0.05) is 5.69 Å². The fraction of sp³-hybridized carbons (Fsp3) is 0.278. The van der Waals surface area contributed by atoms with Gasteiger partial charge in [0.15, 0.2) is 0 Å². The van der Waals surface area contributed by atoms with Gasteiger partial charge in [0.05, 0.1) is 6.04 Å². The molecule has 108 valence electrons. The normalized spacial score (nSPS) is 16.4. The van der Waals surface area contributed by atoms with Crippen LogP contribution < -0.4 is 10.6 Å². The number of carbonyl (C=O) groups is 1. The molecule has 0 saturated heterocycles. The molecule has 0 radical (unpaired) electrons. The van der Waals surface area contributed by atoms with E-state index in [1.54, 1.807) is 0 Å². The van der Waals surface area contributed by atoms with Crippen LogP contribution in [0.2, 0.25) is 0 Å². The summed E-state index contributed by atoms with van der Waals surface area (Å²) in [6, 6.07) is 14.3. The largest absolute Gasteiger partial charge is 0.331 e. The average Bonchev–Trinajstić information content (AvgIpc) is 2.86. The summed E-state index contributed by atoms with van der Waals surface area (Å²) in [4.78, 5) is 12.2. The first kappa shape index (κ1) is 13.7. The zero-order valence-corrected chi connectivity index (χ0v) is 12.4. The summed E-state index contributed by atoms with van der Waals surface area (Å²) in [5.41, 5.74) is 5.83. The molecule has 0 fully saturated rings. The Labute approximate surface area is 125 Å². The number of anilines is 1. The second-order valence-electron chi connectivity index (χ2n) is 5.69. The van der Waals surface area contributed by atoms with Crippen molar-refractivity contribution in [3.8, 4) is 0 Å². The fourth-order valence-electron chi connectivity index (χ4n) is 2.85. The summed E-state index contributed by atoms with van der Waals surface area (Å²) in [5.74, 6) is 0. The van der Waals surface area contributed by atoms with Crippen LogP contribution in [0.1, 0.15) is 34.7 Å². The Bertz CT molecular complexity index is 679. The third kappa shape index (κ3) is 2.92. The number of carbonyl (C=O) groups excluding carboxylic acids is 1. The monoisotopic (exact) mass is 280 g/mol. The van der Waals surface area contributed by atoms with Crippen molar-refractivity contribution in [1.82, 2.24) is 5.32 Å². The smallest absolute Gasteiger partial charge is 0.319 e. The van der Waals surface area contributed by atoms with E-state index in [9.17, 15) is 4.79 Å². The van der Waals surface area contributed by atoms with Crippen molar-refractivity contribution in [1.29, 1.82) is 0 Å². The first-order valence-electron chi connectivity index (χ1n) is 7.36. The van der Waals surface area contributed by atoms with E-state index in [0.717, 1.165) is 18.5 Å². The van der Waals surface area contributed by atoms with Crippen LogP contribution in [0.5, 0.6) is 0 Å². The summed E-state index contributed by atoms with van der Waals surface area (Å²) in [5, 5.41) is 5.99. The molecule has 21 heavy (non-hydrogen) atoms. The standard InChI is InChI=1S/C18H20N2O/c1-12-7-9-15(11-13(12)2)19-18(21)20-17-10-8-14-5-3-4-6-16(14)17/h3-7,9,11,17H,8,10H2,1-2H3,(H2,19,20,21). The molecule has 3 heteroatoms. The van der Waals surface area contributed by atoms with Crippen LogP contribution in [0.15, 0.2) is 42.5 Å². The molecule has 0 saturated carbocycles. The van der Waals surface area contributed by atoms with Gasteiger partial charge in [0.2, 0.25) is 0 Å². The minimum atomic E-state index is -0.139. The summed E-state index contributed by atoms with van der Waals surface area (Å²) in [6.45, 7) is 4.11. The minimum absolute atomic E-state index is 0.118. The van der Waals surface area contributed by atoms with Crippen molar-refractivity contribution in [2.75, 3.05) is 5.32 Å². The van der Waals surface area contributed by atoms with Crippen molar-refractivity contribution >= 4 is 11.7 Å². The Morgan fingerprint density at radius 2 is 1.90 bits per heavy atom. The van der Waals surface area contributed by atoms with E-state index in [0.29, 0.717) is 0 Å². The zero-order valence-electron chi connectivity index (χ0n) is 12.4. The minimum Gasteiger partial charge on any atom is -0.331 e. The summed E-state index contributed by atoms with van der Waals surface area (Å²) in [7, 11) is 0. The van der Waals surface area contributed by atoms with Crippen LogP contribution in [-0.4, -0.2) is 6.03 Å². The Balaban J connectivity index is 1.66. The highest BCUT2D eigenvalue weighted by molar-refractivity contribution is 5.89. The topological polar surface area (TPSA) is 41.1 Å². The third-order valence-corrected chi connectivity index (χ3v) is 4.20. The number of amides is 2. The SMILES string of the molecule is Cc1ccc(NC(=O)NC2CCc3ccccc32)cc1C. The van der Waals surface area contributed by atoms with Gasteiger partial charge >= 0.3 is 6.03 Å². The third-order valence-electron chi connectivity index (χ3n) is 4.20. The molecule has 0 heterocycles. The van der Waals surface area contributed by atoms with Gasteiger partial charge in [-0.3, -0.25) is 0 Å². The number of fused-ring (bicyclic) bond motifs is 1. The number of urea groups is 1. The number of benzene rings is 2. The van der Waals surface area contributed by atoms with Crippen LogP contribution in [0.3, 0.4) is 0 Å². The van der Waals surface area contributed by atoms with Crippen LogP contribution >= 0.6 is 0 Å². The van der Waals surface area contributed by atoms with E-state index in [-0.39, 0.29) is 12.1 Å². The zero-order chi connectivity index (χ0) is 14.8. The molecule has 2 aromatic carbocycles. The first-order chi connectivity index (χ1) is 10.1. The van der Waals surface area contributed by atoms with E-state index in [2.05, 4.69) is 35.8 Å². The molecule has 1 atom stereocenters. The highest BCUT2D eigenvalue weighted by Gasteiger charge is 2.23. The Morgan fingerprint density at radius 3 is 2.71 bits per heavy atom. The first-order valence-corrected chi connectivity index (χ1v) is 7.36. The highest BCUT2D eigenvalue weighted by atomic mass is 16.2. The Morgan fingerprint density at radius 1 is 1.10 bits per heavy atom. The van der Waals surface area contributed by atoms with Crippen molar-refractivity contribution in [2.24, 2.45) is 0 Å². The Kier molecular flexibility index (Phi) is 3.65. The van der Waals surface area contributed by atoms with Crippen LogP contribution in [0.4, 0.5) is 10.5 Å². The number of hydrogen-bond donors (Lipinski definition) is 2. The molecule has 2 aromatic rings. The second-order valence-corrected chi connectivity index (χ2v) is 5.69.